The van der Waals surface area contributed by atoms with Gasteiger partial charge < -0.3 is 5.32 Å². The Labute approximate surface area is 181 Å². The lowest BCUT2D eigenvalue weighted by atomic mass is 10.1. The third-order valence-corrected chi connectivity index (χ3v) is 5.57. The van der Waals surface area contributed by atoms with Gasteiger partial charge in [0.25, 0.3) is 0 Å². The number of hydrogen-bond acceptors (Lipinski definition) is 4. The van der Waals surface area contributed by atoms with Crippen molar-refractivity contribution in [3.05, 3.63) is 96.1 Å². The van der Waals surface area contributed by atoms with Crippen molar-refractivity contribution < 1.29 is 18.0 Å². The van der Waals surface area contributed by atoms with Crippen LogP contribution < -0.4 is 15.4 Å². The highest BCUT2D eigenvalue weighted by molar-refractivity contribution is 7.89. The molecule has 0 heterocycles. The quantitative estimate of drug-likeness (QED) is 0.552. The van der Waals surface area contributed by atoms with E-state index in [-0.39, 0.29) is 18.0 Å². The summed E-state index contributed by atoms with van der Waals surface area (Å²) in [7, 11) is -3.75. The van der Waals surface area contributed by atoms with E-state index in [0.717, 1.165) is 11.1 Å². The average molecular weight is 438 g/mol. The first-order valence-corrected chi connectivity index (χ1v) is 11.2. The molecule has 0 aromatic heterocycles. The first-order chi connectivity index (χ1) is 14.8. The van der Waals surface area contributed by atoms with Crippen molar-refractivity contribution in [1.82, 2.24) is 5.32 Å². The number of carbonyl (C=O) groups excluding carboxylic acids is 2. The number of carbonyl (C=O) groups is 2. The summed E-state index contributed by atoms with van der Waals surface area (Å²) in [4.78, 5) is 26.9. The highest BCUT2D eigenvalue weighted by Gasteiger charge is 2.23. The van der Waals surface area contributed by atoms with Gasteiger partial charge in [-0.05, 0) is 41.8 Å². The van der Waals surface area contributed by atoms with E-state index in [0.29, 0.717) is 12.1 Å². The van der Waals surface area contributed by atoms with Crippen LogP contribution in [0.25, 0.3) is 0 Å². The fourth-order valence-corrected chi connectivity index (χ4v) is 3.53. The molecule has 0 aliphatic carbocycles. The zero-order valence-corrected chi connectivity index (χ0v) is 17.6. The summed E-state index contributed by atoms with van der Waals surface area (Å²) >= 11 is 0. The van der Waals surface area contributed by atoms with Gasteiger partial charge in [-0.15, -0.1) is 0 Å². The lowest BCUT2D eigenvalue weighted by Gasteiger charge is -2.22. The van der Waals surface area contributed by atoms with Crippen molar-refractivity contribution >= 4 is 27.5 Å². The molecule has 3 aromatic carbocycles. The SMILES string of the molecule is NS(=O)(=O)c1ccc(CCNC(=O)C(=O)N(Cc2ccccc2)c2ccccc2)cc1. The van der Waals surface area contributed by atoms with Gasteiger partial charge in [-0.25, -0.2) is 13.6 Å². The fraction of sp³-hybridized carbons (Fsp3) is 0.130. The smallest absolute Gasteiger partial charge is 0.316 e. The highest BCUT2D eigenvalue weighted by atomic mass is 32.2. The zero-order chi connectivity index (χ0) is 22.3. The van der Waals surface area contributed by atoms with Gasteiger partial charge in [-0.1, -0.05) is 60.7 Å². The number of rotatable bonds is 7. The average Bonchev–Trinajstić information content (AvgIpc) is 2.78. The molecule has 7 nitrogen and oxygen atoms in total. The van der Waals surface area contributed by atoms with E-state index in [1.807, 2.05) is 48.5 Å². The van der Waals surface area contributed by atoms with Crippen LogP contribution in [-0.4, -0.2) is 26.8 Å². The Morgan fingerprint density at radius 2 is 1.39 bits per heavy atom. The molecular formula is C23H23N3O4S. The molecule has 0 unspecified atom stereocenters. The van der Waals surface area contributed by atoms with Crippen LogP contribution in [0, 0.1) is 0 Å². The molecule has 2 amide bonds. The molecule has 0 saturated heterocycles. The molecule has 3 N–H and O–H groups in total. The van der Waals surface area contributed by atoms with Crippen LogP contribution in [0.5, 0.6) is 0 Å². The minimum absolute atomic E-state index is 0.0230. The number of nitrogens with two attached hydrogens (primary N) is 1. The zero-order valence-electron chi connectivity index (χ0n) is 16.8. The number of hydrogen-bond donors (Lipinski definition) is 2. The molecule has 0 spiro atoms. The number of amides is 2. The summed E-state index contributed by atoms with van der Waals surface area (Å²) < 4.78 is 22.6. The third-order valence-electron chi connectivity index (χ3n) is 4.64. The number of sulfonamides is 1. The van der Waals surface area contributed by atoms with E-state index in [4.69, 9.17) is 5.14 Å². The lowest BCUT2D eigenvalue weighted by molar-refractivity contribution is -0.137. The first kappa shape index (κ1) is 22.2. The molecule has 0 bridgehead atoms. The van der Waals surface area contributed by atoms with Crippen molar-refractivity contribution in [2.24, 2.45) is 5.14 Å². The van der Waals surface area contributed by atoms with Gasteiger partial charge in [0.05, 0.1) is 11.4 Å². The van der Waals surface area contributed by atoms with E-state index in [9.17, 15) is 18.0 Å². The number of benzene rings is 3. The van der Waals surface area contributed by atoms with Crippen LogP contribution in [0.1, 0.15) is 11.1 Å². The molecule has 31 heavy (non-hydrogen) atoms. The highest BCUT2D eigenvalue weighted by Crippen LogP contribution is 2.17. The van der Waals surface area contributed by atoms with Crippen LogP contribution in [-0.2, 0) is 32.6 Å². The predicted octanol–water partition coefficient (Wildman–Crippen LogP) is 2.23. The number of primary sulfonamides is 1. The summed E-state index contributed by atoms with van der Waals surface area (Å²) in [5, 5.41) is 7.72. The molecule has 3 rings (SSSR count). The number of para-hydroxylation sites is 1. The fourth-order valence-electron chi connectivity index (χ4n) is 3.02. The Morgan fingerprint density at radius 3 is 1.97 bits per heavy atom. The molecule has 0 atom stereocenters. The normalized spacial score (nSPS) is 11.0. The molecule has 0 fully saturated rings. The van der Waals surface area contributed by atoms with Crippen LogP contribution in [0.4, 0.5) is 5.69 Å². The third kappa shape index (κ3) is 6.24. The second-order valence-corrected chi connectivity index (χ2v) is 8.47. The van der Waals surface area contributed by atoms with Crippen molar-refractivity contribution in [1.29, 1.82) is 0 Å². The molecule has 160 valence electrons. The topological polar surface area (TPSA) is 110 Å². The summed E-state index contributed by atoms with van der Waals surface area (Å²) in [6.45, 7) is 0.499. The van der Waals surface area contributed by atoms with Gasteiger partial charge >= 0.3 is 11.8 Å². The van der Waals surface area contributed by atoms with Gasteiger partial charge in [0.15, 0.2) is 0 Å². The number of anilines is 1. The predicted molar refractivity (Wildman–Crippen MR) is 119 cm³/mol. The molecule has 3 aromatic rings. The van der Waals surface area contributed by atoms with Crippen molar-refractivity contribution in [2.45, 2.75) is 17.9 Å². The second-order valence-electron chi connectivity index (χ2n) is 6.91. The van der Waals surface area contributed by atoms with E-state index >= 15 is 0 Å². The number of nitrogens with zero attached hydrogens (tertiary/aromatic N) is 1. The maximum atomic E-state index is 12.9. The Kier molecular flexibility index (Phi) is 7.17. The number of nitrogens with one attached hydrogen (secondary N) is 1. The van der Waals surface area contributed by atoms with E-state index in [1.165, 1.54) is 17.0 Å². The van der Waals surface area contributed by atoms with E-state index in [1.54, 1.807) is 24.3 Å². The molecule has 0 saturated carbocycles. The Morgan fingerprint density at radius 1 is 0.806 bits per heavy atom. The Bertz CT molecular complexity index is 1130. The maximum absolute atomic E-state index is 12.9. The Hall–Kier alpha value is -3.49. The monoisotopic (exact) mass is 437 g/mol. The Balaban J connectivity index is 1.63. The molecular weight excluding hydrogens is 414 g/mol. The summed E-state index contributed by atoms with van der Waals surface area (Å²) in [5.41, 5.74) is 2.34. The summed E-state index contributed by atoms with van der Waals surface area (Å²) in [5.74, 6) is -1.36. The van der Waals surface area contributed by atoms with Crippen LogP contribution >= 0.6 is 0 Å². The lowest BCUT2D eigenvalue weighted by Crippen LogP contribution is -2.43. The van der Waals surface area contributed by atoms with E-state index in [2.05, 4.69) is 5.32 Å². The van der Waals surface area contributed by atoms with Gasteiger partial charge in [0.2, 0.25) is 10.0 Å². The molecule has 0 aliphatic heterocycles. The first-order valence-electron chi connectivity index (χ1n) is 9.65. The van der Waals surface area contributed by atoms with Gasteiger partial charge in [0.1, 0.15) is 0 Å². The van der Waals surface area contributed by atoms with Crippen molar-refractivity contribution in [2.75, 3.05) is 11.4 Å². The molecule has 0 radical (unpaired) electrons. The van der Waals surface area contributed by atoms with Gasteiger partial charge in [-0.3, -0.25) is 14.5 Å². The van der Waals surface area contributed by atoms with Crippen LogP contribution in [0.15, 0.2) is 89.8 Å². The second kappa shape index (κ2) is 10.0. The summed E-state index contributed by atoms with van der Waals surface area (Å²) in [6, 6.07) is 24.5. The van der Waals surface area contributed by atoms with Crippen molar-refractivity contribution in [3.63, 3.8) is 0 Å². The van der Waals surface area contributed by atoms with Crippen LogP contribution in [0.3, 0.4) is 0 Å². The molecule has 0 aliphatic rings. The van der Waals surface area contributed by atoms with Gasteiger partial charge in [0, 0.05) is 12.2 Å². The molecule has 8 heteroatoms. The van der Waals surface area contributed by atoms with Crippen LogP contribution in [0.2, 0.25) is 0 Å². The standard InChI is InChI=1S/C23H23N3O4S/c24-31(29,30)21-13-11-18(12-14-21)15-16-25-22(27)23(28)26(20-9-5-2-6-10-20)17-19-7-3-1-4-8-19/h1-14H,15-17H2,(H,25,27)(H2,24,29,30). The van der Waals surface area contributed by atoms with E-state index < -0.39 is 21.8 Å². The minimum atomic E-state index is -3.75. The maximum Gasteiger partial charge on any atom is 0.316 e. The summed E-state index contributed by atoms with van der Waals surface area (Å²) in [6.07, 6.45) is 0.438. The minimum Gasteiger partial charge on any atom is -0.347 e. The largest absolute Gasteiger partial charge is 0.347 e. The van der Waals surface area contributed by atoms with Crippen molar-refractivity contribution in [3.8, 4) is 0 Å². The van der Waals surface area contributed by atoms with Gasteiger partial charge in [-0.2, -0.15) is 0 Å².